The van der Waals surface area contributed by atoms with Crippen molar-refractivity contribution in [2.24, 2.45) is 0 Å². The maximum Gasteiger partial charge on any atom is 0.230 e. The van der Waals surface area contributed by atoms with Crippen molar-refractivity contribution < 1.29 is 4.42 Å². The second kappa shape index (κ2) is 8.22. The molecular formula is C22H21ClN4OS. The highest BCUT2D eigenvalue weighted by atomic mass is 35.5. The van der Waals surface area contributed by atoms with Crippen molar-refractivity contribution in [1.29, 1.82) is 0 Å². The minimum absolute atomic E-state index is 0.513. The van der Waals surface area contributed by atoms with E-state index in [9.17, 15) is 0 Å². The molecule has 0 unspecified atom stereocenters. The van der Waals surface area contributed by atoms with E-state index in [1.54, 1.807) is 11.3 Å². The second-order valence-electron chi connectivity index (χ2n) is 7.47. The largest absolute Gasteiger partial charge is 0.424 e. The van der Waals surface area contributed by atoms with Gasteiger partial charge in [0.05, 0.1) is 28.2 Å². The summed E-state index contributed by atoms with van der Waals surface area (Å²) in [4.78, 5) is 7.21. The number of hydrogen-bond donors (Lipinski definition) is 0. The average molecular weight is 425 g/mol. The van der Waals surface area contributed by atoms with Gasteiger partial charge in [0.2, 0.25) is 11.8 Å². The van der Waals surface area contributed by atoms with Crippen molar-refractivity contribution in [1.82, 2.24) is 20.1 Å². The molecule has 1 fully saturated rings. The van der Waals surface area contributed by atoms with Gasteiger partial charge in [0.15, 0.2) is 0 Å². The maximum atomic E-state index is 6.09. The zero-order valence-corrected chi connectivity index (χ0v) is 17.5. The van der Waals surface area contributed by atoms with Gasteiger partial charge in [-0.1, -0.05) is 41.9 Å². The van der Waals surface area contributed by atoms with Crippen molar-refractivity contribution in [2.75, 3.05) is 13.1 Å². The van der Waals surface area contributed by atoms with Crippen LogP contribution < -0.4 is 0 Å². The number of hydrogen-bond acceptors (Lipinski definition) is 6. The van der Waals surface area contributed by atoms with E-state index in [2.05, 4.69) is 33.3 Å². The average Bonchev–Trinajstić information content (AvgIpc) is 3.36. The summed E-state index contributed by atoms with van der Waals surface area (Å²) in [7, 11) is 0. The molecule has 0 amide bonds. The highest BCUT2D eigenvalue weighted by Gasteiger charge is 2.24. The van der Waals surface area contributed by atoms with Crippen LogP contribution in [0.3, 0.4) is 0 Å². The molecule has 0 atom stereocenters. The first-order chi connectivity index (χ1) is 14.2. The van der Waals surface area contributed by atoms with E-state index >= 15 is 0 Å². The van der Waals surface area contributed by atoms with Crippen LogP contribution in [0.1, 0.15) is 41.1 Å². The minimum atomic E-state index is 0.513. The highest BCUT2D eigenvalue weighted by molar-refractivity contribution is 7.18. The van der Waals surface area contributed by atoms with Crippen LogP contribution in [0, 0.1) is 0 Å². The topological polar surface area (TPSA) is 55.1 Å². The van der Waals surface area contributed by atoms with E-state index in [-0.39, 0.29) is 0 Å². The smallest absolute Gasteiger partial charge is 0.230 e. The molecule has 4 aromatic rings. The van der Waals surface area contributed by atoms with Gasteiger partial charge in [-0.25, -0.2) is 4.98 Å². The van der Waals surface area contributed by atoms with Gasteiger partial charge in [0.25, 0.3) is 0 Å². The summed E-state index contributed by atoms with van der Waals surface area (Å²) in [5.41, 5.74) is 2.19. The fourth-order valence-corrected chi connectivity index (χ4v) is 5.10. The number of rotatable bonds is 5. The Kier molecular flexibility index (Phi) is 5.31. The van der Waals surface area contributed by atoms with Gasteiger partial charge in [0, 0.05) is 10.9 Å². The summed E-state index contributed by atoms with van der Waals surface area (Å²) < 4.78 is 7.08. The van der Waals surface area contributed by atoms with Crippen LogP contribution in [-0.4, -0.2) is 33.2 Å². The van der Waals surface area contributed by atoms with Crippen molar-refractivity contribution >= 4 is 33.2 Å². The third-order valence-electron chi connectivity index (χ3n) is 5.37. The van der Waals surface area contributed by atoms with Gasteiger partial charge < -0.3 is 4.42 Å². The molecule has 3 heterocycles. The van der Waals surface area contributed by atoms with Gasteiger partial charge in [-0.15, -0.1) is 21.5 Å². The van der Waals surface area contributed by atoms with Crippen molar-refractivity contribution in [3.05, 3.63) is 75.9 Å². The monoisotopic (exact) mass is 424 g/mol. The molecule has 0 saturated carbocycles. The number of halogens is 1. The lowest BCUT2D eigenvalue weighted by Crippen LogP contribution is -2.32. The van der Waals surface area contributed by atoms with Crippen molar-refractivity contribution in [3.63, 3.8) is 0 Å². The summed E-state index contributed by atoms with van der Waals surface area (Å²) in [6.07, 6.45) is 2.87. The number of fused-ring (bicyclic) bond motifs is 1. The Labute approximate surface area is 178 Å². The molecule has 0 bridgehead atoms. The molecule has 5 nitrogen and oxygen atoms in total. The lowest BCUT2D eigenvalue weighted by molar-refractivity contribution is 0.186. The Morgan fingerprint density at radius 3 is 2.66 bits per heavy atom. The molecule has 2 aromatic carbocycles. The summed E-state index contributed by atoms with van der Waals surface area (Å²) in [5, 5.41) is 10.4. The quantitative estimate of drug-likeness (QED) is 0.435. The summed E-state index contributed by atoms with van der Waals surface area (Å²) >= 11 is 7.89. The minimum Gasteiger partial charge on any atom is -0.424 e. The number of aromatic nitrogens is 3. The van der Waals surface area contributed by atoms with E-state index in [0.29, 0.717) is 30.7 Å². The van der Waals surface area contributed by atoms with Gasteiger partial charge in [-0.3, -0.25) is 4.90 Å². The number of piperidine rings is 1. The number of likely N-dealkylation sites (tertiary alicyclic amines) is 1. The molecule has 5 rings (SSSR count). The maximum absolute atomic E-state index is 6.09. The van der Waals surface area contributed by atoms with Crippen LogP contribution in [0.15, 0.2) is 52.9 Å². The first-order valence-electron chi connectivity index (χ1n) is 9.86. The van der Waals surface area contributed by atoms with Crippen LogP contribution in [0.25, 0.3) is 10.2 Å². The molecule has 0 aliphatic carbocycles. The molecule has 1 saturated heterocycles. The Morgan fingerprint density at radius 1 is 1.03 bits per heavy atom. The van der Waals surface area contributed by atoms with Crippen LogP contribution in [0.2, 0.25) is 5.02 Å². The summed E-state index contributed by atoms with van der Waals surface area (Å²) in [6, 6.07) is 16.2. The molecule has 1 aliphatic heterocycles. The third kappa shape index (κ3) is 4.34. The molecule has 0 N–H and O–H groups in total. The Bertz CT molecular complexity index is 1100. The molecule has 0 radical (unpaired) electrons. The summed E-state index contributed by atoms with van der Waals surface area (Å²) in [5.74, 6) is 1.89. The van der Waals surface area contributed by atoms with Crippen LogP contribution >= 0.6 is 22.9 Å². The SMILES string of the molecule is Clc1ccc2sc(C3CCN(Cc4nnc(Cc5ccccc5)o4)CC3)nc2c1. The fourth-order valence-electron chi connectivity index (χ4n) is 3.82. The fraction of sp³-hybridized carbons (Fsp3) is 0.318. The predicted molar refractivity (Wildman–Crippen MR) is 115 cm³/mol. The third-order valence-corrected chi connectivity index (χ3v) is 6.80. The zero-order chi connectivity index (χ0) is 19.6. The van der Waals surface area contributed by atoms with Crippen LogP contribution in [-0.2, 0) is 13.0 Å². The van der Waals surface area contributed by atoms with Gasteiger partial charge >= 0.3 is 0 Å². The van der Waals surface area contributed by atoms with Gasteiger partial charge in [0.1, 0.15) is 0 Å². The molecule has 148 valence electrons. The molecular weight excluding hydrogens is 404 g/mol. The number of thiazole rings is 1. The summed E-state index contributed by atoms with van der Waals surface area (Å²) in [6.45, 7) is 2.74. The zero-order valence-electron chi connectivity index (χ0n) is 15.9. The van der Waals surface area contributed by atoms with E-state index in [1.807, 2.05) is 30.3 Å². The van der Waals surface area contributed by atoms with E-state index in [0.717, 1.165) is 36.5 Å². The van der Waals surface area contributed by atoms with Crippen molar-refractivity contribution in [2.45, 2.75) is 31.7 Å². The highest BCUT2D eigenvalue weighted by Crippen LogP contribution is 2.34. The Balaban J connectivity index is 1.18. The standard InChI is InChI=1S/C22H21ClN4OS/c23-17-6-7-19-18(13-17)24-22(29-19)16-8-10-27(11-9-16)14-21-26-25-20(28-21)12-15-4-2-1-3-5-15/h1-7,13,16H,8-12,14H2. The lowest BCUT2D eigenvalue weighted by Gasteiger charge is -2.29. The van der Waals surface area contributed by atoms with E-state index in [4.69, 9.17) is 21.0 Å². The molecule has 2 aromatic heterocycles. The normalized spacial score (nSPS) is 15.9. The first-order valence-corrected chi connectivity index (χ1v) is 11.1. The van der Waals surface area contributed by atoms with E-state index in [1.165, 1.54) is 15.3 Å². The van der Waals surface area contributed by atoms with Gasteiger partial charge in [-0.05, 0) is 49.7 Å². The van der Waals surface area contributed by atoms with E-state index < -0.39 is 0 Å². The lowest BCUT2D eigenvalue weighted by atomic mass is 9.97. The molecule has 29 heavy (non-hydrogen) atoms. The van der Waals surface area contributed by atoms with Crippen molar-refractivity contribution in [3.8, 4) is 0 Å². The van der Waals surface area contributed by atoms with Crippen LogP contribution in [0.4, 0.5) is 0 Å². The van der Waals surface area contributed by atoms with Crippen LogP contribution in [0.5, 0.6) is 0 Å². The molecule has 0 spiro atoms. The number of benzene rings is 2. The Hall–Kier alpha value is -2.28. The second-order valence-corrected chi connectivity index (χ2v) is 8.97. The molecule has 1 aliphatic rings. The van der Waals surface area contributed by atoms with Gasteiger partial charge in [-0.2, -0.15) is 0 Å². The predicted octanol–water partition coefficient (Wildman–Crippen LogP) is 5.30. The molecule has 7 heteroatoms. The Morgan fingerprint density at radius 2 is 1.83 bits per heavy atom. The number of nitrogens with zero attached hydrogens (tertiary/aromatic N) is 4. The first kappa shape index (κ1) is 18.7.